The summed E-state index contributed by atoms with van der Waals surface area (Å²) in [4.78, 5) is 10.6. The summed E-state index contributed by atoms with van der Waals surface area (Å²) >= 11 is 5.68. The Morgan fingerprint density at radius 3 is 2.62 bits per heavy atom. The van der Waals surface area contributed by atoms with Crippen LogP contribution in [0.4, 0.5) is 0 Å². The second-order valence-electron chi connectivity index (χ2n) is 3.39. The first-order chi connectivity index (χ1) is 7.41. The highest BCUT2D eigenvalue weighted by molar-refractivity contribution is 6.30. The minimum Gasteiger partial charge on any atom is -0.508 e. The molecule has 1 rings (SSSR count). The van der Waals surface area contributed by atoms with Gasteiger partial charge >= 0.3 is 0 Å². The summed E-state index contributed by atoms with van der Waals surface area (Å²) in [6.07, 6.45) is -3.18. The lowest BCUT2D eigenvalue weighted by molar-refractivity contribution is -0.121. The monoisotopic (exact) mass is 245 g/mol. The van der Waals surface area contributed by atoms with E-state index in [0.29, 0.717) is 5.02 Å². The van der Waals surface area contributed by atoms with Gasteiger partial charge < -0.3 is 21.1 Å². The van der Waals surface area contributed by atoms with Crippen molar-refractivity contribution in [3.8, 4) is 5.75 Å². The molecule has 0 saturated heterocycles. The van der Waals surface area contributed by atoms with Crippen molar-refractivity contribution in [2.75, 3.05) is 0 Å². The van der Waals surface area contributed by atoms with E-state index in [1.807, 2.05) is 0 Å². The number of aliphatic hydroxyl groups excluding tert-OH is 2. The molecule has 1 aromatic rings. The first kappa shape index (κ1) is 12.8. The predicted molar refractivity (Wildman–Crippen MR) is 57.9 cm³/mol. The third-order valence-electron chi connectivity index (χ3n) is 2.08. The third-order valence-corrected chi connectivity index (χ3v) is 2.32. The summed E-state index contributed by atoms with van der Waals surface area (Å²) in [6, 6.07) is 4.04. The molecule has 0 aliphatic carbocycles. The van der Waals surface area contributed by atoms with E-state index in [-0.39, 0.29) is 11.3 Å². The fourth-order valence-electron chi connectivity index (χ4n) is 1.29. The molecule has 88 valence electrons. The van der Waals surface area contributed by atoms with Crippen molar-refractivity contribution in [1.82, 2.24) is 0 Å². The maximum atomic E-state index is 10.6. The van der Waals surface area contributed by atoms with E-state index in [1.54, 1.807) is 0 Å². The molecule has 0 saturated carbocycles. The van der Waals surface area contributed by atoms with Gasteiger partial charge in [-0.25, -0.2) is 0 Å². The number of nitrogens with two attached hydrogens (primary N) is 1. The minimum absolute atomic E-state index is 0.0567. The number of aliphatic hydroxyl groups is 2. The summed E-state index contributed by atoms with van der Waals surface area (Å²) in [5.74, 6) is -0.950. The van der Waals surface area contributed by atoms with E-state index in [2.05, 4.69) is 0 Å². The molecule has 16 heavy (non-hydrogen) atoms. The third kappa shape index (κ3) is 3.10. The zero-order valence-electron chi connectivity index (χ0n) is 8.30. The van der Waals surface area contributed by atoms with Gasteiger partial charge in [-0.05, 0) is 18.2 Å². The highest BCUT2D eigenvalue weighted by Crippen LogP contribution is 2.29. The van der Waals surface area contributed by atoms with Gasteiger partial charge in [0, 0.05) is 10.6 Å². The number of phenolic OH excluding ortho intramolecular Hbond substituents is 1. The Labute approximate surface area is 97.1 Å². The fourth-order valence-corrected chi connectivity index (χ4v) is 1.47. The van der Waals surface area contributed by atoms with E-state index in [9.17, 15) is 20.1 Å². The molecule has 5 N–H and O–H groups in total. The SMILES string of the molecule is NC(=O)CC(O)C(O)c1cc(Cl)ccc1O. The van der Waals surface area contributed by atoms with Crippen LogP contribution in [0, 0.1) is 0 Å². The van der Waals surface area contributed by atoms with Crippen molar-refractivity contribution in [2.45, 2.75) is 18.6 Å². The first-order valence-electron chi connectivity index (χ1n) is 4.54. The molecule has 0 fully saturated rings. The molecule has 0 spiro atoms. The zero-order chi connectivity index (χ0) is 12.3. The van der Waals surface area contributed by atoms with Crippen LogP contribution >= 0.6 is 11.6 Å². The molecule has 2 unspecified atom stereocenters. The number of aromatic hydroxyl groups is 1. The standard InChI is InChI=1S/C10H12ClNO4/c11-5-1-2-7(13)6(3-5)10(16)8(14)4-9(12)15/h1-3,8,10,13-14,16H,4H2,(H2,12,15). The summed E-state index contributed by atoms with van der Waals surface area (Å²) in [6.45, 7) is 0. The Morgan fingerprint density at radius 2 is 2.06 bits per heavy atom. The van der Waals surface area contributed by atoms with Crippen molar-refractivity contribution in [1.29, 1.82) is 0 Å². The number of rotatable bonds is 4. The molecule has 2 atom stereocenters. The van der Waals surface area contributed by atoms with Gasteiger partial charge in [0.15, 0.2) is 0 Å². The minimum atomic E-state index is -1.41. The maximum absolute atomic E-state index is 10.6. The lowest BCUT2D eigenvalue weighted by Gasteiger charge is -2.17. The summed E-state index contributed by atoms with van der Waals surface area (Å²) in [5, 5.41) is 28.9. The van der Waals surface area contributed by atoms with E-state index in [4.69, 9.17) is 17.3 Å². The summed E-state index contributed by atoms with van der Waals surface area (Å²) < 4.78 is 0. The van der Waals surface area contributed by atoms with Crippen LogP contribution in [0.25, 0.3) is 0 Å². The van der Waals surface area contributed by atoms with Gasteiger partial charge in [-0.15, -0.1) is 0 Å². The lowest BCUT2D eigenvalue weighted by atomic mass is 10.0. The number of phenols is 1. The van der Waals surface area contributed by atoms with Crippen LogP contribution in [0.5, 0.6) is 5.75 Å². The van der Waals surface area contributed by atoms with Crippen molar-refractivity contribution in [3.05, 3.63) is 28.8 Å². The van der Waals surface area contributed by atoms with Gasteiger partial charge in [-0.1, -0.05) is 11.6 Å². The average molecular weight is 246 g/mol. The Balaban J connectivity index is 2.90. The molecule has 1 aromatic carbocycles. The van der Waals surface area contributed by atoms with Gasteiger partial charge in [0.05, 0.1) is 12.5 Å². The normalized spacial score (nSPS) is 14.4. The number of hydrogen-bond acceptors (Lipinski definition) is 4. The smallest absolute Gasteiger partial charge is 0.220 e. The van der Waals surface area contributed by atoms with Crippen molar-refractivity contribution < 1.29 is 20.1 Å². The van der Waals surface area contributed by atoms with Gasteiger partial charge in [0.1, 0.15) is 11.9 Å². The molecule has 0 aromatic heterocycles. The number of amides is 1. The molecule has 5 nitrogen and oxygen atoms in total. The van der Waals surface area contributed by atoms with Gasteiger partial charge in [-0.2, -0.15) is 0 Å². The highest BCUT2D eigenvalue weighted by Gasteiger charge is 2.23. The number of carbonyl (C=O) groups excluding carboxylic acids is 1. The molecule has 0 heterocycles. The highest BCUT2D eigenvalue weighted by atomic mass is 35.5. The number of carbonyl (C=O) groups is 1. The van der Waals surface area contributed by atoms with Crippen LogP contribution in [0.15, 0.2) is 18.2 Å². The lowest BCUT2D eigenvalue weighted by Crippen LogP contribution is -2.25. The maximum Gasteiger partial charge on any atom is 0.220 e. The molecule has 1 amide bonds. The van der Waals surface area contributed by atoms with Crippen LogP contribution < -0.4 is 5.73 Å². The second kappa shape index (κ2) is 5.16. The molecule has 0 aliphatic rings. The van der Waals surface area contributed by atoms with E-state index >= 15 is 0 Å². The van der Waals surface area contributed by atoms with Gasteiger partial charge in [-0.3, -0.25) is 4.79 Å². The fraction of sp³-hybridized carbons (Fsp3) is 0.300. The number of hydrogen-bond donors (Lipinski definition) is 4. The van der Waals surface area contributed by atoms with Crippen LogP contribution in [0.3, 0.4) is 0 Å². The second-order valence-corrected chi connectivity index (χ2v) is 3.82. The Bertz CT molecular complexity index is 396. The van der Waals surface area contributed by atoms with Crippen LogP contribution in [-0.4, -0.2) is 27.3 Å². The van der Waals surface area contributed by atoms with E-state index in [1.165, 1.54) is 18.2 Å². The first-order valence-corrected chi connectivity index (χ1v) is 4.92. The van der Waals surface area contributed by atoms with Crippen LogP contribution in [0.2, 0.25) is 5.02 Å². The summed E-state index contributed by atoms with van der Waals surface area (Å²) in [7, 11) is 0. The summed E-state index contributed by atoms with van der Waals surface area (Å²) in [5.41, 5.74) is 4.94. The predicted octanol–water partition coefficient (Wildman–Crippen LogP) is 0.315. The average Bonchev–Trinajstić information content (AvgIpc) is 2.19. The zero-order valence-corrected chi connectivity index (χ0v) is 9.05. The van der Waals surface area contributed by atoms with Crippen molar-refractivity contribution in [2.24, 2.45) is 5.73 Å². The molecular weight excluding hydrogens is 234 g/mol. The number of benzene rings is 1. The number of primary amides is 1. The molecule has 0 bridgehead atoms. The van der Waals surface area contributed by atoms with E-state index in [0.717, 1.165) is 0 Å². The Hall–Kier alpha value is -1.30. The molecule has 6 heteroatoms. The van der Waals surface area contributed by atoms with E-state index < -0.39 is 24.5 Å². The molecular formula is C10H12ClNO4. The quantitative estimate of drug-likeness (QED) is 0.613. The largest absolute Gasteiger partial charge is 0.508 e. The topological polar surface area (TPSA) is 104 Å². The van der Waals surface area contributed by atoms with Crippen LogP contribution in [0.1, 0.15) is 18.1 Å². The van der Waals surface area contributed by atoms with Gasteiger partial charge in [0.2, 0.25) is 5.91 Å². The van der Waals surface area contributed by atoms with Crippen molar-refractivity contribution >= 4 is 17.5 Å². The van der Waals surface area contributed by atoms with Gasteiger partial charge in [0.25, 0.3) is 0 Å². The Kier molecular flexibility index (Phi) is 4.12. The van der Waals surface area contributed by atoms with Crippen LogP contribution in [-0.2, 0) is 4.79 Å². The van der Waals surface area contributed by atoms with Crippen molar-refractivity contribution in [3.63, 3.8) is 0 Å². The Morgan fingerprint density at radius 1 is 1.44 bits per heavy atom. The number of halogens is 1. The molecule has 0 radical (unpaired) electrons. The molecule has 0 aliphatic heterocycles.